The molecule has 0 radical (unpaired) electrons. The van der Waals surface area contributed by atoms with Crippen LogP contribution in [-0.4, -0.2) is 49.1 Å². The molecule has 1 aliphatic heterocycles. The van der Waals surface area contributed by atoms with Crippen LogP contribution in [-0.2, 0) is 14.3 Å². The lowest BCUT2D eigenvalue weighted by atomic mass is 10.2. The molecule has 1 saturated heterocycles. The van der Waals surface area contributed by atoms with Gasteiger partial charge in [-0.2, -0.15) is 0 Å². The Balaban J connectivity index is 2.23. The van der Waals surface area contributed by atoms with Gasteiger partial charge in [-0.05, 0) is 19.3 Å². The van der Waals surface area contributed by atoms with Crippen LogP contribution in [0.1, 0.15) is 46.0 Å². The Labute approximate surface area is 115 Å². The number of unbranched alkanes of at least 4 members (excludes halogenated alkanes) is 2. The second-order valence-corrected chi connectivity index (χ2v) is 5.09. The van der Waals surface area contributed by atoms with Crippen molar-refractivity contribution in [2.45, 2.75) is 52.1 Å². The van der Waals surface area contributed by atoms with Crippen LogP contribution in [0.2, 0.25) is 0 Å². The van der Waals surface area contributed by atoms with Gasteiger partial charge in [0.25, 0.3) is 0 Å². The highest BCUT2D eigenvalue weighted by Gasteiger charge is 2.18. The minimum atomic E-state index is -0.0952. The van der Waals surface area contributed by atoms with Crippen molar-refractivity contribution in [3.63, 3.8) is 0 Å². The topological polar surface area (TPSA) is 58.6 Å². The van der Waals surface area contributed by atoms with E-state index in [2.05, 4.69) is 12.2 Å². The van der Waals surface area contributed by atoms with Crippen molar-refractivity contribution in [1.82, 2.24) is 10.2 Å². The van der Waals surface area contributed by atoms with Crippen molar-refractivity contribution < 1.29 is 14.3 Å². The normalized spacial score (nSPS) is 18.3. The fourth-order valence-electron chi connectivity index (χ4n) is 2.16. The smallest absolute Gasteiger partial charge is 0.239 e. The molecule has 0 bridgehead atoms. The highest BCUT2D eigenvalue weighted by Crippen LogP contribution is 2.10. The second-order valence-electron chi connectivity index (χ2n) is 5.09. The number of amides is 2. The van der Waals surface area contributed by atoms with Gasteiger partial charge in [-0.25, -0.2) is 0 Å². The van der Waals surface area contributed by atoms with Crippen LogP contribution >= 0.6 is 0 Å². The summed E-state index contributed by atoms with van der Waals surface area (Å²) in [4.78, 5) is 24.9. The standard InChI is InChI=1S/C14H26N2O3/c1-3-4-5-8-16(12(2)17)11-14(18)15-10-13-7-6-9-19-13/h13H,3-11H2,1-2H3,(H,15,18). The lowest BCUT2D eigenvalue weighted by Crippen LogP contribution is -2.42. The van der Waals surface area contributed by atoms with Crippen molar-refractivity contribution in [3.8, 4) is 0 Å². The summed E-state index contributed by atoms with van der Waals surface area (Å²) < 4.78 is 5.44. The van der Waals surface area contributed by atoms with Crippen LogP contribution in [0.5, 0.6) is 0 Å². The predicted molar refractivity (Wildman–Crippen MR) is 73.8 cm³/mol. The summed E-state index contributed by atoms with van der Waals surface area (Å²) in [5.41, 5.74) is 0. The van der Waals surface area contributed by atoms with E-state index >= 15 is 0 Å². The average Bonchev–Trinajstić information content (AvgIpc) is 2.88. The molecule has 5 nitrogen and oxygen atoms in total. The Morgan fingerprint density at radius 1 is 1.37 bits per heavy atom. The molecular formula is C14H26N2O3. The molecule has 0 aromatic rings. The molecule has 0 aromatic carbocycles. The molecule has 1 heterocycles. The van der Waals surface area contributed by atoms with Gasteiger partial charge >= 0.3 is 0 Å². The van der Waals surface area contributed by atoms with Gasteiger partial charge in [-0.3, -0.25) is 9.59 Å². The number of nitrogens with zero attached hydrogens (tertiary/aromatic N) is 1. The SMILES string of the molecule is CCCCCN(CC(=O)NCC1CCCO1)C(C)=O. The summed E-state index contributed by atoms with van der Waals surface area (Å²) in [6.45, 7) is 5.80. The van der Waals surface area contributed by atoms with E-state index < -0.39 is 0 Å². The Morgan fingerprint density at radius 2 is 2.16 bits per heavy atom. The Kier molecular flexibility index (Phi) is 7.48. The molecule has 1 fully saturated rings. The van der Waals surface area contributed by atoms with Crippen LogP contribution < -0.4 is 5.32 Å². The number of ether oxygens (including phenoxy) is 1. The van der Waals surface area contributed by atoms with E-state index in [1.54, 1.807) is 4.90 Å². The fourth-order valence-corrected chi connectivity index (χ4v) is 2.16. The van der Waals surface area contributed by atoms with Gasteiger partial charge in [0, 0.05) is 26.6 Å². The molecule has 1 unspecified atom stereocenters. The highest BCUT2D eigenvalue weighted by molar-refractivity contribution is 5.83. The molecule has 0 spiro atoms. The molecule has 0 saturated carbocycles. The van der Waals surface area contributed by atoms with Crippen LogP contribution in [0.3, 0.4) is 0 Å². The minimum absolute atomic E-state index is 0.0385. The lowest BCUT2D eigenvalue weighted by molar-refractivity contribution is -0.134. The Hall–Kier alpha value is -1.10. The van der Waals surface area contributed by atoms with Crippen molar-refractivity contribution in [1.29, 1.82) is 0 Å². The summed E-state index contributed by atoms with van der Waals surface area (Å²) in [6.07, 6.45) is 5.37. The van der Waals surface area contributed by atoms with Crippen molar-refractivity contribution in [3.05, 3.63) is 0 Å². The van der Waals surface area contributed by atoms with Gasteiger partial charge in [0.1, 0.15) is 0 Å². The quantitative estimate of drug-likeness (QED) is 0.677. The largest absolute Gasteiger partial charge is 0.376 e. The van der Waals surface area contributed by atoms with Crippen molar-refractivity contribution >= 4 is 11.8 Å². The third kappa shape index (κ3) is 6.57. The predicted octanol–water partition coefficient (Wildman–Crippen LogP) is 1.32. The molecular weight excluding hydrogens is 244 g/mol. The van der Waals surface area contributed by atoms with Gasteiger partial charge in [0.2, 0.25) is 11.8 Å². The summed E-state index contributed by atoms with van der Waals surface area (Å²) in [6, 6.07) is 0. The average molecular weight is 270 g/mol. The Bertz CT molecular complexity index is 288. The first kappa shape index (κ1) is 16.0. The number of hydrogen-bond donors (Lipinski definition) is 1. The first-order valence-corrected chi connectivity index (χ1v) is 7.27. The van der Waals surface area contributed by atoms with Gasteiger partial charge < -0.3 is 15.0 Å². The molecule has 1 aliphatic rings. The number of hydrogen-bond acceptors (Lipinski definition) is 3. The van der Waals surface area contributed by atoms with E-state index in [1.165, 1.54) is 6.92 Å². The summed E-state index contributed by atoms with van der Waals surface area (Å²) >= 11 is 0. The number of rotatable bonds is 8. The molecule has 110 valence electrons. The first-order valence-electron chi connectivity index (χ1n) is 7.27. The third-order valence-corrected chi connectivity index (χ3v) is 3.36. The van der Waals surface area contributed by atoms with E-state index in [0.29, 0.717) is 13.1 Å². The molecule has 2 amide bonds. The van der Waals surface area contributed by atoms with Gasteiger partial charge in [-0.15, -0.1) is 0 Å². The zero-order valence-corrected chi connectivity index (χ0v) is 12.1. The zero-order chi connectivity index (χ0) is 14.1. The lowest BCUT2D eigenvalue weighted by Gasteiger charge is -2.21. The molecule has 1 N–H and O–H groups in total. The van der Waals surface area contributed by atoms with E-state index in [9.17, 15) is 9.59 Å². The zero-order valence-electron chi connectivity index (χ0n) is 12.1. The van der Waals surface area contributed by atoms with Crippen LogP contribution in [0.4, 0.5) is 0 Å². The van der Waals surface area contributed by atoms with Gasteiger partial charge in [-0.1, -0.05) is 19.8 Å². The fraction of sp³-hybridized carbons (Fsp3) is 0.857. The summed E-state index contributed by atoms with van der Waals surface area (Å²) in [5, 5.41) is 2.84. The molecule has 1 rings (SSSR count). The number of nitrogens with one attached hydrogen (secondary N) is 1. The monoisotopic (exact) mass is 270 g/mol. The first-order chi connectivity index (χ1) is 9.13. The van der Waals surface area contributed by atoms with Crippen molar-refractivity contribution in [2.24, 2.45) is 0 Å². The second kappa shape index (κ2) is 8.91. The van der Waals surface area contributed by atoms with E-state index in [-0.39, 0.29) is 24.5 Å². The van der Waals surface area contributed by atoms with E-state index in [1.807, 2.05) is 0 Å². The van der Waals surface area contributed by atoms with E-state index in [4.69, 9.17) is 4.74 Å². The van der Waals surface area contributed by atoms with E-state index in [0.717, 1.165) is 38.7 Å². The maximum atomic E-state index is 11.8. The molecule has 5 heteroatoms. The van der Waals surface area contributed by atoms with Crippen molar-refractivity contribution in [2.75, 3.05) is 26.2 Å². The van der Waals surface area contributed by atoms with Gasteiger partial charge in [0.15, 0.2) is 0 Å². The third-order valence-electron chi connectivity index (χ3n) is 3.36. The number of carbonyl (C=O) groups excluding carboxylic acids is 2. The molecule has 19 heavy (non-hydrogen) atoms. The molecule has 0 aliphatic carbocycles. The Morgan fingerprint density at radius 3 is 2.74 bits per heavy atom. The highest BCUT2D eigenvalue weighted by atomic mass is 16.5. The molecule has 1 atom stereocenters. The van der Waals surface area contributed by atoms with Gasteiger partial charge in [0.05, 0.1) is 12.6 Å². The number of carbonyl (C=O) groups is 2. The molecule has 0 aromatic heterocycles. The maximum Gasteiger partial charge on any atom is 0.239 e. The van der Waals surface area contributed by atoms with Crippen LogP contribution in [0.25, 0.3) is 0 Å². The summed E-state index contributed by atoms with van der Waals surface area (Å²) in [7, 11) is 0. The van der Waals surface area contributed by atoms with Crippen LogP contribution in [0.15, 0.2) is 0 Å². The van der Waals surface area contributed by atoms with Crippen LogP contribution in [0, 0.1) is 0 Å². The summed E-state index contributed by atoms with van der Waals surface area (Å²) in [5.74, 6) is -0.134. The maximum absolute atomic E-state index is 11.8. The minimum Gasteiger partial charge on any atom is -0.376 e.